The summed E-state index contributed by atoms with van der Waals surface area (Å²) < 4.78 is 171. The second-order valence-corrected chi connectivity index (χ2v) is 22.0. The molecule has 0 fully saturated rings. The first-order valence-corrected chi connectivity index (χ1v) is 31.3. The number of nitrogens with two attached hydrogens (primary N) is 6. The van der Waals surface area contributed by atoms with Crippen molar-refractivity contribution in [1.29, 1.82) is 0 Å². The van der Waals surface area contributed by atoms with Gasteiger partial charge in [0.2, 0.25) is 0 Å². The number of aryl methyl sites for hydroxylation is 8. The monoisotopic (exact) mass is 1450 g/mol. The van der Waals surface area contributed by atoms with Crippen molar-refractivity contribution in [2.24, 2.45) is 34.4 Å². The van der Waals surface area contributed by atoms with Gasteiger partial charge in [0, 0.05) is 39.3 Å². The van der Waals surface area contributed by atoms with Gasteiger partial charge in [-0.25, -0.2) is 30.7 Å². The summed E-state index contributed by atoms with van der Waals surface area (Å²) in [5.41, 5.74) is 41.8. The third kappa shape index (κ3) is 47.4. The van der Waals surface area contributed by atoms with Gasteiger partial charge in [0.25, 0.3) is 0 Å². The minimum absolute atomic E-state index is 0. The number of hydrogen-bond donors (Lipinski definition) is 6. The maximum absolute atomic E-state index is 13.0. The Kier molecular flexibility index (Phi) is 63.8. The van der Waals surface area contributed by atoms with E-state index in [2.05, 4.69) is 63.2 Å². The molecule has 0 radical (unpaired) electrons. The van der Waals surface area contributed by atoms with Crippen LogP contribution in [0.3, 0.4) is 0 Å². The normalized spacial score (nSPS) is 11.4. The Balaban J connectivity index is -0.000000269. The zero-order chi connectivity index (χ0) is 71.7. The van der Waals surface area contributed by atoms with Crippen LogP contribution >= 0.6 is 0 Å². The summed E-state index contributed by atoms with van der Waals surface area (Å²) in [7, 11) is 1.63. The highest BCUT2D eigenvalue weighted by atomic mass is 19.4. The average Bonchev–Trinajstić information content (AvgIpc) is 0.841. The number of halogens is 13. The smallest absolute Gasteiger partial charge is 0.416 e. The van der Waals surface area contributed by atoms with E-state index in [4.69, 9.17) is 43.9 Å². The molecular formula is C81H119F13N6O2. The number of hydrogen-bond acceptors (Lipinski definition) is 8. The molecule has 576 valence electrons. The van der Waals surface area contributed by atoms with Gasteiger partial charge >= 0.3 is 12.4 Å². The second kappa shape index (κ2) is 61.8. The lowest BCUT2D eigenvalue weighted by atomic mass is 10.0. The Bertz CT molecular complexity index is 3260. The molecule has 6 rings (SSSR count). The Morgan fingerprint density at radius 3 is 1.03 bits per heavy atom. The highest BCUT2D eigenvalue weighted by Crippen LogP contribution is 2.32. The largest absolute Gasteiger partial charge is 0.497 e. The van der Waals surface area contributed by atoms with Crippen molar-refractivity contribution in [1.82, 2.24) is 0 Å². The maximum atomic E-state index is 13.0. The molecule has 6 aromatic rings. The molecule has 8 nitrogen and oxygen atoms in total. The standard InChI is InChI=1S/C15H22FNO.C12H12F5N.C12H13F4N.C12H16FNO.2C12H16FN.6CH4/c1-2-3-10-18-15-8-6-13(7-9-15)4-5-14(11-16)12-17;13-6-9(7-18)2-1-8-3-10(12(15,16)17)5-11(14)4-8;13-7-10(8-17)2-1-9-3-5-11(6-4-9)12(14,15)16;1-15-12-4-2-3-10(7-12)5-6-11(8-13)9-14;1-10-2-4-11(5-3-10)6-7-12(8-13)9-14;1-10-3-2-4-11(7-10)5-6-12(8-13)9-14;;;;;;/h6-9,11H,2-5,10,12,17H2,1H3;3-6H,1-2,7,18H2;3-7H,1-2,8,17H2;2-4,7-8H,5-6,9,14H2,1H3;2-5,8H,6-7,9,14H2,1H3;2-4,7-8H,5-6,9,14H2,1H3;6*1H4. The van der Waals surface area contributed by atoms with Crippen LogP contribution in [0.15, 0.2) is 211 Å². The van der Waals surface area contributed by atoms with Crippen LogP contribution in [-0.2, 0) is 50.9 Å². The minimum atomic E-state index is -4.59. The van der Waals surface area contributed by atoms with Crippen molar-refractivity contribution in [2.45, 2.75) is 168 Å². The van der Waals surface area contributed by atoms with Crippen LogP contribution in [0.25, 0.3) is 0 Å². The molecule has 0 atom stereocenters. The lowest BCUT2D eigenvalue weighted by Crippen LogP contribution is -2.07. The summed E-state index contributed by atoms with van der Waals surface area (Å²) in [6.07, 6.45) is 3.71. The molecule has 0 aliphatic rings. The highest BCUT2D eigenvalue weighted by molar-refractivity contribution is 5.32. The van der Waals surface area contributed by atoms with E-state index in [1.165, 1.54) is 39.9 Å². The van der Waals surface area contributed by atoms with E-state index in [1.807, 2.05) is 54.6 Å². The number of methoxy groups -OCH3 is 1. The first kappa shape index (κ1) is 105. The zero-order valence-corrected chi connectivity index (χ0v) is 55.3. The molecule has 0 aliphatic heterocycles. The van der Waals surface area contributed by atoms with E-state index in [-0.39, 0.29) is 94.7 Å². The number of unbranched alkanes of at least 4 members (excludes halogenated alkanes) is 1. The SMILES string of the molecule is C.C.C.C.C.C.CCCCOc1ccc(CCC(=CF)CN)cc1.COc1cccc(CCC(=CF)CN)c1.Cc1ccc(CCC(=CF)CN)cc1.Cc1cccc(CCC(=CF)CN)c1.NCC(=CF)CCc1cc(F)cc(C(F)(F)F)c1.NCC(=CF)CCc1ccc(C(F)(F)F)cc1. The second-order valence-electron chi connectivity index (χ2n) is 22.0. The number of ether oxygens (including phenoxy) is 2. The maximum Gasteiger partial charge on any atom is 0.416 e. The zero-order valence-electron chi connectivity index (χ0n) is 55.3. The quantitative estimate of drug-likeness (QED) is 0.0199. The van der Waals surface area contributed by atoms with Gasteiger partial charge in [-0.05, 0) is 219 Å². The van der Waals surface area contributed by atoms with Gasteiger partial charge in [-0.3, -0.25) is 0 Å². The van der Waals surface area contributed by atoms with Gasteiger partial charge in [0.1, 0.15) is 17.3 Å². The summed E-state index contributed by atoms with van der Waals surface area (Å²) in [6, 6.07) is 39.4. The molecule has 12 N–H and O–H groups in total. The van der Waals surface area contributed by atoms with Crippen molar-refractivity contribution in [2.75, 3.05) is 53.0 Å². The average molecular weight is 1460 g/mol. The minimum Gasteiger partial charge on any atom is -0.497 e. The van der Waals surface area contributed by atoms with Crippen LogP contribution in [0.5, 0.6) is 11.5 Å². The van der Waals surface area contributed by atoms with E-state index in [0.717, 1.165) is 92.0 Å². The van der Waals surface area contributed by atoms with E-state index >= 15 is 0 Å². The molecule has 0 saturated heterocycles. The molecule has 102 heavy (non-hydrogen) atoms. The first-order chi connectivity index (χ1) is 45.9. The molecule has 0 amide bonds. The first-order valence-electron chi connectivity index (χ1n) is 31.3. The molecule has 0 spiro atoms. The predicted octanol–water partition coefficient (Wildman–Crippen LogP) is 22.4. The topological polar surface area (TPSA) is 175 Å². The summed E-state index contributed by atoms with van der Waals surface area (Å²) >= 11 is 0. The molecule has 0 aromatic heterocycles. The lowest BCUT2D eigenvalue weighted by Gasteiger charge is -2.09. The Hall–Kier alpha value is -7.79. The molecule has 0 saturated carbocycles. The summed E-state index contributed by atoms with van der Waals surface area (Å²) in [5.74, 6) is 0.761. The summed E-state index contributed by atoms with van der Waals surface area (Å²) in [6.45, 7) is 8.29. The van der Waals surface area contributed by atoms with Gasteiger partial charge in [-0.15, -0.1) is 0 Å². The molecule has 0 unspecified atom stereocenters. The van der Waals surface area contributed by atoms with Crippen molar-refractivity contribution in [3.63, 3.8) is 0 Å². The fourth-order valence-corrected chi connectivity index (χ4v) is 8.39. The molecule has 0 aliphatic carbocycles. The van der Waals surface area contributed by atoms with Gasteiger partial charge in [-0.1, -0.05) is 154 Å². The Morgan fingerprint density at radius 1 is 0.363 bits per heavy atom. The predicted molar refractivity (Wildman–Crippen MR) is 405 cm³/mol. The highest BCUT2D eigenvalue weighted by Gasteiger charge is 2.31. The molecule has 0 heterocycles. The van der Waals surface area contributed by atoms with Gasteiger partial charge in [-0.2, -0.15) is 26.3 Å². The van der Waals surface area contributed by atoms with Crippen molar-refractivity contribution < 1.29 is 66.5 Å². The van der Waals surface area contributed by atoms with E-state index < -0.39 is 29.3 Å². The van der Waals surface area contributed by atoms with Gasteiger partial charge < -0.3 is 43.9 Å². The Labute approximate surface area is 602 Å². The van der Waals surface area contributed by atoms with Crippen LogP contribution < -0.4 is 43.9 Å². The van der Waals surface area contributed by atoms with Crippen molar-refractivity contribution >= 4 is 0 Å². The molecule has 6 aromatic carbocycles. The molecular weight excluding hydrogens is 1340 g/mol. The van der Waals surface area contributed by atoms with Crippen LogP contribution in [0, 0.1) is 19.7 Å². The van der Waals surface area contributed by atoms with Crippen LogP contribution in [-0.4, -0.2) is 53.0 Å². The van der Waals surface area contributed by atoms with Crippen molar-refractivity contribution in [3.8, 4) is 11.5 Å². The fourth-order valence-electron chi connectivity index (χ4n) is 8.39. The van der Waals surface area contributed by atoms with E-state index in [9.17, 15) is 57.1 Å². The number of rotatable bonds is 29. The van der Waals surface area contributed by atoms with Gasteiger partial charge in [0.05, 0.1) is 62.8 Å². The summed E-state index contributed by atoms with van der Waals surface area (Å²) in [5, 5.41) is 0. The van der Waals surface area contributed by atoms with Crippen LogP contribution in [0.1, 0.15) is 158 Å². The number of alkyl halides is 6. The fraction of sp³-hybridized carbons (Fsp3) is 0.407. The Morgan fingerprint density at radius 2 is 0.696 bits per heavy atom. The third-order valence-corrected chi connectivity index (χ3v) is 14.5. The molecule has 0 bridgehead atoms. The lowest BCUT2D eigenvalue weighted by molar-refractivity contribution is -0.138. The van der Waals surface area contributed by atoms with E-state index in [1.54, 1.807) is 7.11 Å². The molecule has 21 heteroatoms. The van der Waals surface area contributed by atoms with Crippen LogP contribution in [0.2, 0.25) is 0 Å². The summed E-state index contributed by atoms with van der Waals surface area (Å²) in [4.78, 5) is 0. The van der Waals surface area contributed by atoms with Crippen molar-refractivity contribution in [3.05, 3.63) is 272 Å². The third-order valence-electron chi connectivity index (χ3n) is 14.5. The van der Waals surface area contributed by atoms with Crippen LogP contribution in [0.4, 0.5) is 57.1 Å². The number of benzene rings is 6. The van der Waals surface area contributed by atoms with Gasteiger partial charge in [0.15, 0.2) is 0 Å². The van der Waals surface area contributed by atoms with E-state index in [0.29, 0.717) is 124 Å².